The molecule has 3 rings (SSSR count). The molecule has 0 aliphatic carbocycles. The molecule has 40 heavy (non-hydrogen) atoms. The minimum absolute atomic E-state index is 0.0282. The van der Waals surface area contributed by atoms with Crippen molar-refractivity contribution in [3.8, 4) is 5.75 Å². The fraction of sp³-hybridized carbons (Fsp3) is 0.462. The third-order valence-corrected chi connectivity index (χ3v) is 5.71. The number of H-pyrrole nitrogens is 1. The molecule has 1 aromatic carbocycles. The van der Waals surface area contributed by atoms with Crippen LogP contribution in [0.5, 0.6) is 5.75 Å². The van der Waals surface area contributed by atoms with Gasteiger partial charge in [-0.05, 0) is 25.1 Å². The van der Waals surface area contributed by atoms with Crippen molar-refractivity contribution in [3.63, 3.8) is 0 Å². The van der Waals surface area contributed by atoms with E-state index in [0.29, 0.717) is 5.39 Å². The SMILES string of the molecule is COC(=O)c1cc2ccc(O[C@@H]3O[C@H](COC(C)=O)[C@H](OC(C)=O)[C@H](OC(C)=O)[C@H]3OC(C)=O)c(C(C)=O)c2[nH]1. The second-order valence-corrected chi connectivity index (χ2v) is 8.82. The van der Waals surface area contributed by atoms with E-state index in [2.05, 4.69) is 4.98 Å². The molecule has 0 bridgehead atoms. The van der Waals surface area contributed by atoms with E-state index >= 15 is 0 Å². The van der Waals surface area contributed by atoms with Crippen molar-refractivity contribution < 1.29 is 61.9 Å². The van der Waals surface area contributed by atoms with Crippen molar-refractivity contribution in [2.24, 2.45) is 0 Å². The third kappa shape index (κ3) is 6.94. The molecular formula is C26H29NO13. The number of aromatic nitrogens is 1. The fourth-order valence-electron chi connectivity index (χ4n) is 4.26. The highest BCUT2D eigenvalue weighted by atomic mass is 16.7. The molecule has 0 unspecified atom stereocenters. The summed E-state index contributed by atoms with van der Waals surface area (Å²) in [5, 5.41) is 0.500. The van der Waals surface area contributed by atoms with Gasteiger partial charge in [0.2, 0.25) is 12.4 Å². The Labute approximate surface area is 228 Å². The molecule has 1 saturated heterocycles. The normalized spacial score (nSPS) is 22.1. The van der Waals surface area contributed by atoms with Crippen molar-refractivity contribution in [3.05, 3.63) is 29.5 Å². The van der Waals surface area contributed by atoms with Crippen LogP contribution in [0.1, 0.15) is 55.5 Å². The molecule has 0 amide bonds. The van der Waals surface area contributed by atoms with Gasteiger partial charge in [-0.3, -0.25) is 24.0 Å². The summed E-state index contributed by atoms with van der Waals surface area (Å²) in [6, 6.07) is 4.49. The molecule has 2 aromatic rings. The molecule has 2 heterocycles. The Morgan fingerprint density at radius 1 is 0.825 bits per heavy atom. The number of Topliss-reactive ketones (excluding diaryl/α,β-unsaturated/α-hetero) is 1. The van der Waals surface area contributed by atoms with Gasteiger partial charge in [-0.1, -0.05) is 0 Å². The van der Waals surface area contributed by atoms with E-state index in [0.717, 1.165) is 27.7 Å². The van der Waals surface area contributed by atoms with E-state index in [4.69, 9.17) is 33.2 Å². The molecule has 216 valence electrons. The minimum Gasteiger partial charge on any atom is -0.464 e. The average Bonchev–Trinajstić information content (AvgIpc) is 3.29. The van der Waals surface area contributed by atoms with E-state index in [1.165, 1.54) is 26.2 Å². The number of carbonyl (C=O) groups is 6. The van der Waals surface area contributed by atoms with Crippen molar-refractivity contribution in [1.29, 1.82) is 0 Å². The highest BCUT2D eigenvalue weighted by molar-refractivity contribution is 6.09. The smallest absolute Gasteiger partial charge is 0.354 e. The van der Waals surface area contributed by atoms with Crippen molar-refractivity contribution in [2.75, 3.05) is 13.7 Å². The van der Waals surface area contributed by atoms with E-state index in [9.17, 15) is 28.8 Å². The second-order valence-electron chi connectivity index (χ2n) is 8.82. The summed E-state index contributed by atoms with van der Waals surface area (Å²) in [5.41, 5.74) is 0.376. The summed E-state index contributed by atoms with van der Waals surface area (Å²) < 4.78 is 37.9. The Morgan fingerprint density at radius 2 is 1.43 bits per heavy atom. The van der Waals surface area contributed by atoms with Crippen LogP contribution in [0.4, 0.5) is 0 Å². The van der Waals surface area contributed by atoms with E-state index < -0.39 is 72.9 Å². The van der Waals surface area contributed by atoms with Gasteiger partial charge >= 0.3 is 29.8 Å². The van der Waals surface area contributed by atoms with Gasteiger partial charge in [-0.2, -0.15) is 0 Å². The number of ether oxygens (including phenoxy) is 7. The summed E-state index contributed by atoms with van der Waals surface area (Å²) in [6.45, 7) is 5.26. The van der Waals surface area contributed by atoms with Crippen molar-refractivity contribution >= 4 is 46.5 Å². The fourth-order valence-corrected chi connectivity index (χ4v) is 4.26. The number of nitrogens with one attached hydrogen (secondary N) is 1. The van der Waals surface area contributed by atoms with Crippen LogP contribution in [-0.4, -0.2) is 85.0 Å². The zero-order valence-electron chi connectivity index (χ0n) is 22.6. The van der Waals surface area contributed by atoms with Crippen molar-refractivity contribution in [2.45, 2.75) is 65.3 Å². The van der Waals surface area contributed by atoms with Crippen LogP contribution < -0.4 is 4.74 Å². The lowest BCUT2D eigenvalue weighted by Crippen LogP contribution is -2.63. The first-order valence-electron chi connectivity index (χ1n) is 12.0. The number of hydrogen-bond acceptors (Lipinski definition) is 13. The summed E-state index contributed by atoms with van der Waals surface area (Å²) in [6.07, 6.45) is -7.11. The van der Waals surface area contributed by atoms with Crippen LogP contribution in [0.3, 0.4) is 0 Å². The summed E-state index contributed by atoms with van der Waals surface area (Å²) in [7, 11) is 1.21. The highest BCUT2D eigenvalue weighted by Gasteiger charge is 2.53. The van der Waals surface area contributed by atoms with Crippen molar-refractivity contribution in [1.82, 2.24) is 4.98 Å². The predicted molar refractivity (Wildman–Crippen MR) is 132 cm³/mol. The van der Waals surface area contributed by atoms with E-state index in [1.54, 1.807) is 6.07 Å². The second kappa shape index (κ2) is 12.6. The standard InChI is InChI=1S/C26H29NO13/c1-11(28)20-18(8-7-16-9-17(25(33)34-6)27-21(16)20)39-26-24(38-15(5)32)23(37-14(4)31)22(36-13(3)30)19(40-26)10-35-12(2)29/h7-9,19,22-24,26-27H,10H2,1-6H3/t19-,22+,23+,24-,26-/m1/s1. The maximum atomic E-state index is 12.7. The molecule has 0 radical (unpaired) electrons. The van der Waals surface area contributed by atoms with Crippen LogP contribution in [0.2, 0.25) is 0 Å². The lowest BCUT2D eigenvalue weighted by Gasteiger charge is -2.44. The first kappa shape index (κ1) is 30.1. The van der Waals surface area contributed by atoms with E-state index in [-0.39, 0.29) is 22.5 Å². The number of methoxy groups -OCH3 is 1. The van der Waals surface area contributed by atoms with Gasteiger partial charge in [-0.25, -0.2) is 4.79 Å². The monoisotopic (exact) mass is 563 g/mol. The Morgan fingerprint density at radius 3 is 1.98 bits per heavy atom. The maximum Gasteiger partial charge on any atom is 0.354 e. The molecule has 1 aliphatic rings. The molecular weight excluding hydrogens is 534 g/mol. The van der Waals surface area contributed by atoms with Gasteiger partial charge in [0.15, 0.2) is 18.0 Å². The highest BCUT2D eigenvalue weighted by Crippen LogP contribution is 2.34. The average molecular weight is 564 g/mol. The first-order valence-corrected chi connectivity index (χ1v) is 12.0. The van der Waals surface area contributed by atoms with Crippen LogP contribution in [-0.2, 0) is 47.6 Å². The van der Waals surface area contributed by atoms with Crippen LogP contribution in [0.25, 0.3) is 10.9 Å². The Balaban J connectivity index is 2.12. The largest absolute Gasteiger partial charge is 0.464 e. The van der Waals surface area contributed by atoms with Gasteiger partial charge in [0.1, 0.15) is 24.2 Å². The van der Waals surface area contributed by atoms with Crippen LogP contribution in [0.15, 0.2) is 18.2 Å². The number of fused-ring (bicyclic) bond motifs is 1. The van der Waals surface area contributed by atoms with E-state index in [1.807, 2.05) is 0 Å². The minimum atomic E-state index is -1.55. The number of benzene rings is 1. The number of esters is 5. The number of hydrogen-bond donors (Lipinski definition) is 1. The zero-order chi connectivity index (χ0) is 29.7. The molecule has 0 spiro atoms. The molecule has 5 atom stereocenters. The topological polar surface area (TPSA) is 183 Å². The molecule has 1 fully saturated rings. The molecule has 14 nitrogen and oxygen atoms in total. The van der Waals surface area contributed by atoms with Gasteiger partial charge < -0.3 is 38.1 Å². The molecule has 1 aliphatic heterocycles. The molecule has 14 heteroatoms. The predicted octanol–water partition coefficient (Wildman–Crippen LogP) is 1.62. The maximum absolute atomic E-state index is 12.7. The van der Waals surface area contributed by atoms with Gasteiger partial charge in [-0.15, -0.1) is 0 Å². The van der Waals surface area contributed by atoms with Crippen LogP contribution >= 0.6 is 0 Å². The van der Waals surface area contributed by atoms with Crippen LogP contribution in [0, 0.1) is 0 Å². The Hall–Kier alpha value is -4.46. The molecule has 1 N–H and O–H groups in total. The number of aromatic amines is 1. The Kier molecular flexibility index (Phi) is 9.47. The lowest BCUT2D eigenvalue weighted by molar-refractivity contribution is -0.288. The van der Waals surface area contributed by atoms with Gasteiger partial charge in [0.25, 0.3) is 0 Å². The summed E-state index contributed by atoms with van der Waals surface area (Å²) in [5.74, 6) is -4.23. The Bertz CT molecular complexity index is 1330. The first-order chi connectivity index (χ1) is 18.8. The summed E-state index contributed by atoms with van der Waals surface area (Å²) in [4.78, 5) is 75.1. The van der Waals surface area contributed by atoms with Gasteiger partial charge in [0, 0.05) is 33.1 Å². The number of carbonyl (C=O) groups excluding carboxylic acids is 6. The molecule has 0 saturated carbocycles. The number of ketones is 1. The third-order valence-electron chi connectivity index (χ3n) is 5.71. The lowest BCUT2D eigenvalue weighted by atomic mass is 9.98. The molecule has 1 aromatic heterocycles. The summed E-state index contributed by atoms with van der Waals surface area (Å²) >= 11 is 0. The number of rotatable bonds is 9. The quantitative estimate of drug-likeness (QED) is 0.264. The van der Waals surface area contributed by atoms with Gasteiger partial charge in [0.05, 0.1) is 18.2 Å². The zero-order valence-corrected chi connectivity index (χ0v) is 22.6.